The minimum atomic E-state index is 0.0512. The van der Waals surface area contributed by atoms with E-state index in [9.17, 15) is 0 Å². The molecule has 1 fully saturated rings. The molecule has 1 aliphatic rings. The molecule has 0 heterocycles. The number of hydrogen-bond donors (Lipinski definition) is 1. The molecule has 0 bridgehead atoms. The molecular formula is C15H23NO. The molecule has 1 aromatic carbocycles. The third-order valence-electron chi connectivity index (χ3n) is 4.34. The SMILES string of the molecule is COC1(CC(N)c2cccc(C)c2C)CCC1. The summed E-state index contributed by atoms with van der Waals surface area (Å²) < 4.78 is 5.66. The highest BCUT2D eigenvalue weighted by Crippen LogP contribution is 2.41. The van der Waals surface area contributed by atoms with E-state index in [4.69, 9.17) is 10.5 Å². The third-order valence-corrected chi connectivity index (χ3v) is 4.34. The molecular weight excluding hydrogens is 210 g/mol. The Bertz CT molecular complexity index is 390. The van der Waals surface area contributed by atoms with Gasteiger partial charge >= 0.3 is 0 Å². The van der Waals surface area contributed by atoms with Crippen LogP contribution in [-0.2, 0) is 4.74 Å². The highest BCUT2D eigenvalue weighted by Gasteiger charge is 2.38. The molecule has 2 N–H and O–H groups in total. The van der Waals surface area contributed by atoms with Crippen molar-refractivity contribution in [3.05, 3.63) is 34.9 Å². The Labute approximate surface area is 104 Å². The topological polar surface area (TPSA) is 35.2 Å². The molecule has 2 nitrogen and oxygen atoms in total. The summed E-state index contributed by atoms with van der Waals surface area (Å²) >= 11 is 0. The number of hydrogen-bond acceptors (Lipinski definition) is 2. The van der Waals surface area contributed by atoms with Gasteiger partial charge in [0.1, 0.15) is 0 Å². The van der Waals surface area contributed by atoms with Crippen LogP contribution in [0.4, 0.5) is 0 Å². The lowest BCUT2D eigenvalue weighted by molar-refractivity contribution is -0.0817. The number of rotatable bonds is 4. The van der Waals surface area contributed by atoms with Crippen LogP contribution in [0.25, 0.3) is 0 Å². The third kappa shape index (κ3) is 2.38. The number of nitrogens with two attached hydrogens (primary N) is 1. The van der Waals surface area contributed by atoms with Gasteiger partial charge in [-0.15, -0.1) is 0 Å². The number of benzene rings is 1. The summed E-state index contributed by atoms with van der Waals surface area (Å²) in [6.07, 6.45) is 4.52. The molecule has 0 amide bonds. The molecule has 1 saturated carbocycles. The van der Waals surface area contributed by atoms with E-state index >= 15 is 0 Å². The van der Waals surface area contributed by atoms with E-state index in [0.717, 1.165) is 19.3 Å². The molecule has 2 rings (SSSR count). The molecule has 1 aromatic rings. The zero-order valence-electron chi connectivity index (χ0n) is 11.1. The molecule has 0 spiro atoms. The highest BCUT2D eigenvalue weighted by atomic mass is 16.5. The first-order valence-electron chi connectivity index (χ1n) is 6.45. The highest BCUT2D eigenvalue weighted by molar-refractivity contribution is 5.35. The number of methoxy groups -OCH3 is 1. The fourth-order valence-corrected chi connectivity index (χ4v) is 2.75. The van der Waals surface area contributed by atoms with Crippen molar-refractivity contribution in [2.45, 2.75) is 51.2 Å². The van der Waals surface area contributed by atoms with E-state index in [1.165, 1.54) is 23.1 Å². The van der Waals surface area contributed by atoms with Gasteiger partial charge in [0.15, 0.2) is 0 Å². The second-order valence-corrected chi connectivity index (χ2v) is 5.34. The first kappa shape index (κ1) is 12.6. The van der Waals surface area contributed by atoms with Gasteiger partial charge in [-0.05, 0) is 56.2 Å². The Morgan fingerprint density at radius 2 is 2.06 bits per heavy atom. The summed E-state index contributed by atoms with van der Waals surface area (Å²) in [7, 11) is 1.81. The Morgan fingerprint density at radius 1 is 1.35 bits per heavy atom. The first-order chi connectivity index (χ1) is 8.08. The average molecular weight is 233 g/mol. The molecule has 1 unspecified atom stereocenters. The van der Waals surface area contributed by atoms with Crippen molar-refractivity contribution in [3.63, 3.8) is 0 Å². The second kappa shape index (κ2) is 4.79. The Hall–Kier alpha value is -0.860. The maximum atomic E-state index is 6.36. The normalized spacial score (nSPS) is 19.8. The van der Waals surface area contributed by atoms with E-state index < -0.39 is 0 Å². The molecule has 0 saturated heterocycles. The first-order valence-corrected chi connectivity index (χ1v) is 6.45. The smallest absolute Gasteiger partial charge is 0.0696 e. The van der Waals surface area contributed by atoms with Crippen LogP contribution in [0.5, 0.6) is 0 Å². The molecule has 1 aliphatic carbocycles. The molecule has 17 heavy (non-hydrogen) atoms. The zero-order chi connectivity index (χ0) is 12.5. The predicted octanol–water partition coefficient (Wildman–Crippen LogP) is 3.26. The van der Waals surface area contributed by atoms with Gasteiger partial charge in [0, 0.05) is 13.2 Å². The van der Waals surface area contributed by atoms with Gasteiger partial charge in [-0.2, -0.15) is 0 Å². The van der Waals surface area contributed by atoms with Crippen LogP contribution in [0, 0.1) is 13.8 Å². The largest absolute Gasteiger partial charge is 0.378 e. The maximum Gasteiger partial charge on any atom is 0.0696 e. The van der Waals surface area contributed by atoms with E-state index in [-0.39, 0.29) is 11.6 Å². The summed E-state index contributed by atoms with van der Waals surface area (Å²) in [4.78, 5) is 0. The van der Waals surface area contributed by atoms with Crippen LogP contribution in [0.2, 0.25) is 0 Å². The van der Waals surface area contributed by atoms with E-state index in [1.807, 2.05) is 7.11 Å². The summed E-state index contributed by atoms with van der Waals surface area (Å²) in [6, 6.07) is 6.48. The average Bonchev–Trinajstić information content (AvgIpc) is 2.27. The molecule has 0 aliphatic heterocycles. The van der Waals surface area contributed by atoms with Crippen LogP contribution in [0.3, 0.4) is 0 Å². The quantitative estimate of drug-likeness (QED) is 0.866. The van der Waals surface area contributed by atoms with E-state index in [1.54, 1.807) is 0 Å². The minimum absolute atomic E-state index is 0.0512. The van der Waals surface area contributed by atoms with Crippen LogP contribution in [-0.4, -0.2) is 12.7 Å². The van der Waals surface area contributed by atoms with Gasteiger partial charge in [-0.25, -0.2) is 0 Å². The van der Waals surface area contributed by atoms with Gasteiger partial charge in [0.05, 0.1) is 5.60 Å². The fraction of sp³-hybridized carbons (Fsp3) is 0.600. The molecule has 1 atom stereocenters. The second-order valence-electron chi connectivity index (χ2n) is 5.34. The lowest BCUT2D eigenvalue weighted by atomic mass is 9.74. The maximum absolute atomic E-state index is 6.36. The van der Waals surface area contributed by atoms with Gasteiger partial charge in [0.25, 0.3) is 0 Å². The number of ether oxygens (including phenoxy) is 1. The van der Waals surface area contributed by atoms with Crippen molar-refractivity contribution in [1.29, 1.82) is 0 Å². The van der Waals surface area contributed by atoms with E-state index in [0.29, 0.717) is 0 Å². The molecule has 2 heteroatoms. The van der Waals surface area contributed by atoms with Crippen molar-refractivity contribution in [3.8, 4) is 0 Å². The summed E-state index contributed by atoms with van der Waals surface area (Å²) in [5, 5.41) is 0. The van der Waals surface area contributed by atoms with Crippen LogP contribution >= 0.6 is 0 Å². The lowest BCUT2D eigenvalue weighted by Crippen LogP contribution is -2.42. The van der Waals surface area contributed by atoms with Crippen molar-refractivity contribution >= 4 is 0 Å². The molecule has 0 radical (unpaired) electrons. The summed E-state index contributed by atoms with van der Waals surface area (Å²) in [5.74, 6) is 0. The molecule has 0 aromatic heterocycles. The Morgan fingerprint density at radius 3 is 2.59 bits per heavy atom. The van der Waals surface area contributed by atoms with Gasteiger partial charge < -0.3 is 10.5 Å². The van der Waals surface area contributed by atoms with Gasteiger partial charge in [0.2, 0.25) is 0 Å². The predicted molar refractivity (Wildman–Crippen MR) is 71.1 cm³/mol. The lowest BCUT2D eigenvalue weighted by Gasteiger charge is -2.42. The van der Waals surface area contributed by atoms with Crippen LogP contribution < -0.4 is 5.73 Å². The molecule has 94 valence electrons. The number of aryl methyl sites for hydroxylation is 1. The minimum Gasteiger partial charge on any atom is -0.378 e. The Kier molecular flexibility index (Phi) is 3.55. The zero-order valence-corrected chi connectivity index (χ0v) is 11.1. The fourth-order valence-electron chi connectivity index (χ4n) is 2.75. The summed E-state index contributed by atoms with van der Waals surface area (Å²) in [6.45, 7) is 4.30. The Balaban J connectivity index is 2.14. The van der Waals surface area contributed by atoms with Crippen molar-refractivity contribution in [2.75, 3.05) is 7.11 Å². The van der Waals surface area contributed by atoms with Gasteiger partial charge in [-0.1, -0.05) is 18.2 Å². The standard InChI is InChI=1S/C15H23NO/c1-11-6-4-7-13(12(11)2)14(16)10-15(17-3)8-5-9-15/h4,6-7,14H,5,8-10,16H2,1-3H3. The monoisotopic (exact) mass is 233 g/mol. The van der Waals surface area contributed by atoms with Crippen molar-refractivity contribution in [1.82, 2.24) is 0 Å². The van der Waals surface area contributed by atoms with Gasteiger partial charge in [-0.3, -0.25) is 0 Å². The van der Waals surface area contributed by atoms with Crippen molar-refractivity contribution in [2.24, 2.45) is 5.73 Å². The van der Waals surface area contributed by atoms with Crippen molar-refractivity contribution < 1.29 is 4.74 Å². The van der Waals surface area contributed by atoms with Crippen LogP contribution in [0.1, 0.15) is 48.4 Å². The van der Waals surface area contributed by atoms with Crippen LogP contribution in [0.15, 0.2) is 18.2 Å². The van der Waals surface area contributed by atoms with E-state index in [2.05, 4.69) is 32.0 Å². The summed E-state index contributed by atoms with van der Waals surface area (Å²) in [5.41, 5.74) is 10.3.